The first-order valence-corrected chi connectivity index (χ1v) is 10.0. The Morgan fingerprint density at radius 3 is 2.28 bits per heavy atom. The number of nitrogens with zero attached hydrogens (tertiary/aromatic N) is 1. The monoisotopic (exact) mass is 360 g/mol. The van der Waals surface area contributed by atoms with E-state index >= 15 is 0 Å². The number of nitrogens with one attached hydrogen (secondary N) is 1. The lowest BCUT2D eigenvalue weighted by Gasteiger charge is -2.22. The van der Waals surface area contributed by atoms with E-state index in [9.17, 15) is 13.2 Å². The molecule has 0 unspecified atom stereocenters. The highest BCUT2D eigenvalue weighted by atomic mass is 32.2. The van der Waals surface area contributed by atoms with Crippen molar-refractivity contribution in [1.82, 2.24) is 0 Å². The predicted molar refractivity (Wildman–Crippen MR) is 102 cm³/mol. The van der Waals surface area contributed by atoms with Crippen molar-refractivity contribution >= 4 is 27.3 Å². The molecule has 0 heterocycles. The summed E-state index contributed by atoms with van der Waals surface area (Å²) < 4.78 is 25.4. The van der Waals surface area contributed by atoms with Crippen LogP contribution in [0.15, 0.2) is 48.5 Å². The smallest absolute Gasteiger partial charge is 0.232 e. The van der Waals surface area contributed by atoms with Crippen LogP contribution in [0.5, 0.6) is 0 Å². The van der Waals surface area contributed by atoms with Gasteiger partial charge in [0.15, 0.2) is 0 Å². The van der Waals surface area contributed by atoms with Gasteiger partial charge in [-0.2, -0.15) is 0 Å². The van der Waals surface area contributed by atoms with E-state index in [2.05, 4.69) is 5.32 Å². The maximum atomic E-state index is 12.1. The van der Waals surface area contributed by atoms with Crippen LogP contribution in [0.25, 0.3) is 0 Å². The van der Waals surface area contributed by atoms with E-state index in [-0.39, 0.29) is 18.9 Å². The van der Waals surface area contributed by atoms with Crippen molar-refractivity contribution in [2.24, 2.45) is 0 Å². The zero-order chi connectivity index (χ0) is 18.4. The Bertz CT molecular complexity index is 830. The minimum atomic E-state index is -3.39. The first-order valence-electron chi connectivity index (χ1n) is 8.17. The first kappa shape index (κ1) is 19.0. The molecule has 0 atom stereocenters. The van der Waals surface area contributed by atoms with E-state index in [0.29, 0.717) is 12.1 Å². The van der Waals surface area contributed by atoms with Crippen LogP contribution in [0.1, 0.15) is 24.0 Å². The number of carbonyl (C=O) groups excluding carboxylic acids is 1. The van der Waals surface area contributed by atoms with Crippen molar-refractivity contribution in [3.05, 3.63) is 59.7 Å². The van der Waals surface area contributed by atoms with E-state index in [0.717, 1.165) is 16.8 Å². The number of hydrogen-bond acceptors (Lipinski definition) is 3. The van der Waals surface area contributed by atoms with Crippen LogP contribution >= 0.6 is 0 Å². The molecule has 0 fully saturated rings. The molecule has 2 aromatic carbocycles. The van der Waals surface area contributed by atoms with Crippen LogP contribution in [0.3, 0.4) is 0 Å². The van der Waals surface area contributed by atoms with Gasteiger partial charge in [-0.15, -0.1) is 0 Å². The summed E-state index contributed by atoms with van der Waals surface area (Å²) in [4.78, 5) is 12.1. The molecule has 0 saturated heterocycles. The van der Waals surface area contributed by atoms with Crippen LogP contribution < -0.4 is 9.62 Å². The third kappa shape index (κ3) is 5.60. The number of carbonyl (C=O) groups is 1. The molecule has 1 amide bonds. The summed E-state index contributed by atoms with van der Waals surface area (Å²) in [7, 11) is -3.39. The minimum absolute atomic E-state index is 0.119. The van der Waals surface area contributed by atoms with Crippen molar-refractivity contribution in [3.63, 3.8) is 0 Å². The van der Waals surface area contributed by atoms with Crippen LogP contribution in [0, 0.1) is 13.8 Å². The van der Waals surface area contributed by atoms with E-state index in [1.165, 1.54) is 10.6 Å². The molecule has 2 rings (SSSR count). The molecule has 0 saturated carbocycles. The van der Waals surface area contributed by atoms with Gasteiger partial charge in [-0.25, -0.2) is 8.42 Å². The van der Waals surface area contributed by atoms with Crippen molar-refractivity contribution in [2.45, 2.75) is 26.7 Å². The molecule has 0 spiro atoms. The van der Waals surface area contributed by atoms with Gasteiger partial charge >= 0.3 is 0 Å². The molecule has 0 aliphatic rings. The summed E-state index contributed by atoms with van der Waals surface area (Å²) in [5, 5.41) is 2.86. The Morgan fingerprint density at radius 2 is 1.68 bits per heavy atom. The molecule has 25 heavy (non-hydrogen) atoms. The molecule has 134 valence electrons. The van der Waals surface area contributed by atoms with Crippen LogP contribution in [0.2, 0.25) is 0 Å². The Labute approximate surface area is 149 Å². The van der Waals surface area contributed by atoms with Gasteiger partial charge in [0.25, 0.3) is 0 Å². The molecule has 0 aliphatic heterocycles. The highest BCUT2D eigenvalue weighted by molar-refractivity contribution is 7.92. The molecule has 5 nitrogen and oxygen atoms in total. The van der Waals surface area contributed by atoms with Crippen molar-refractivity contribution in [3.8, 4) is 0 Å². The van der Waals surface area contributed by atoms with Gasteiger partial charge in [0.05, 0.1) is 11.9 Å². The van der Waals surface area contributed by atoms with Gasteiger partial charge in [0, 0.05) is 18.7 Å². The number of amides is 1. The minimum Gasteiger partial charge on any atom is -0.326 e. The van der Waals surface area contributed by atoms with E-state index in [4.69, 9.17) is 0 Å². The summed E-state index contributed by atoms with van der Waals surface area (Å²) in [6.45, 7) is 4.14. The number of benzene rings is 2. The van der Waals surface area contributed by atoms with Gasteiger partial charge in [0.2, 0.25) is 15.9 Å². The zero-order valence-electron chi connectivity index (χ0n) is 14.8. The summed E-state index contributed by atoms with van der Waals surface area (Å²) in [6, 6.07) is 14.9. The average molecular weight is 360 g/mol. The largest absolute Gasteiger partial charge is 0.326 e. The van der Waals surface area contributed by atoms with E-state index in [1.807, 2.05) is 50.2 Å². The van der Waals surface area contributed by atoms with E-state index < -0.39 is 10.0 Å². The number of aryl methyl sites for hydroxylation is 2. The maximum absolute atomic E-state index is 12.1. The third-order valence-electron chi connectivity index (χ3n) is 3.91. The fraction of sp³-hybridized carbons (Fsp3) is 0.316. The molecule has 0 aliphatic carbocycles. The lowest BCUT2D eigenvalue weighted by molar-refractivity contribution is -0.116. The lowest BCUT2D eigenvalue weighted by atomic mass is 10.2. The van der Waals surface area contributed by atoms with Crippen molar-refractivity contribution < 1.29 is 13.2 Å². The topological polar surface area (TPSA) is 66.5 Å². The standard InChI is InChI=1S/C19H24N2O3S/c1-15-10-12-17(13-11-15)21(25(3,23)24)14-6-9-19(22)20-18-8-5-4-7-16(18)2/h4-5,7-8,10-13H,6,9,14H2,1-3H3,(H,20,22). The summed E-state index contributed by atoms with van der Waals surface area (Å²) in [5.41, 5.74) is 3.46. The number of sulfonamides is 1. The normalized spacial score (nSPS) is 11.2. The molecular formula is C19H24N2O3S. The van der Waals surface area contributed by atoms with E-state index in [1.54, 1.807) is 12.1 Å². The molecule has 6 heteroatoms. The maximum Gasteiger partial charge on any atom is 0.232 e. The summed E-state index contributed by atoms with van der Waals surface area (Å²) in [6.07, 6.45) is 1.88. The highest BCUT2D eigenvalue weighted by Gasteiger charge is 2.17. The summed E-state index contributed by atoms with van der Waals surface area (Å²) >= 11 is 0. The Balaban J connectivity index is 1.96. The Hall–Kier alpha value is -2.34. The SMILES string of the molecule is Cc1ccc(N(CCCC(=O)Nc2ccccc2C)S(C)(=O)=O)cc1. The second-order valence-corrected chi connectivity index (χ2v) is 8.04. The second kappa shape index (κ2) is 8.16. The zero-order valence-corrected chi connectivity index (χ0v) is 15.6. The van der Waals surface area contributed by atoms with Crippen LogP contribution in [0.4, 0.5) is 11.4 Å². The molecule has 0 aromatic heterocycles. The first-order chi connectivity index (χ1) is 11.8. The average Bonchev–Trinajstić information content (AvgIpc) is 2.54. The summed E-state index contributed by atoms with van der Waals surface area (Å²) in [5.74, 6) is -0.119. The number of anilines is 2. The fourth-order valence-electron chi connectivity index (χ4n) is 2.51. The molecule has 1 N–H and O–H groups in total. The van der Waals surface area contributed by atoms with Crippen LogP contribution in [-0.2, 0) is 14.8 Å². The van der Waals surface area contributed by atoms with Crippen molar-refractivity contribution in [2.75, 3.05) is 22.4 Å². The fourth-order valence-corrected chi connectivity index (χ4v) is 3.47. The molecule has 2 aromatic rings. The Kier molecular flexibility index (Phi) is 6.20. The highest BCUT2D eigenvalue weighted by Crippen LogP contribution is 2.19. The van der Waals surface area contributed by atoms with Gasteiger partial charge in [-0.05, 0) is 44.0 Å². The number of hydrogen-bond donors (Lipinski definition) is 1. The van der Waals surface area contributed by atoms with Gasteiger partial charge < -0.3 is 5.32 Å². The Morgan fingerprint density at radius 1 is 1.04 bits per heavy atom. The molecular weight excluding hydrogens is 336 g/mol. The van der Waals surface area contributed by atoms with Gasteiger partial charge in [0.1, 0.15) is 0 Å². The molecule has 0 bridgehead atoms. The quantitative estimate of drug-likeness (QED) is 0.822. The number of rotatable bonds is 7. The van der Waals surface area contributed by atoms with Gasteiger partial charge in [-0.3, -0.25) is 9.10 Å². The predicted octanol–water partition coefficient (Wildman–Crippen LogP) is 3.49. The second-order valence-electron chi connectivity index (χ2n) is 6.14. The third-order valence-corrected chi connectivity index (χ3v) is 5.10. The van der Waals surface area contributed by atoms with Crippen molar-refractivity contribution in [1.29, 1.82) is 0 Å². The van der Waals surface area contributed by atoms with Crippen LogP contribution in [-0.4, -0.2) is 27.1 Å². The number of para-hydroxylation sites is 1. The lowest BCUT2D eigenvalue weighted by Crippen LogP contribution is -2.31. The van der Waals surface area contributed by atoms with Gasteiger partial charge in [-0.1, -0.05) is 35.9 Å². The molecule has 0 radical (unpaired) electrons.